The molecular weight excluding hydrogens is 306 g/mol. The van der Waals surface area contributed by atoms with Gasteiger partial charge in [0.05, 0.1) is 6.42 Å². The second-order valence-corrected chi connectivity index (χ2v) is 5.67. The first-order valence-electron chi connectivity index (χ1n) is 7.74. The second kappa shape index (κ2) is 6.76. The number of benzene rings is 1. The third-order valence-corrected chi connectivity index (χ3v) is 3.62. The average molecular weight is 325 g/mol. The molecule has 1 amide bonds. The van der Waals surface area contributed by atoms with Crippen LogP contribution in [-0.2, 0) is 17.6 Å². The smallest absolute Gasteiger partial charge is 0.252 e. The van der Waals surface area contributed by atoms with E-state index in [0.717, 1.165) is 17.0 Å². The van der Waals surface area contributed by atoms with Crippen LogP contribution in [-0.4, -0.2) is 37.2 Å². The maximum absolute atomic E-state index is 12.2. The Hall–Kier alpha value is -2.80. The average Bonchev–Trinajstić information content (AvgIpc) is 2.92. The number of hydrogen-bond donors (Lipinski definition) is 2. The van der Waals surface area contributed by atoms with Crippen molar-refractivity contribution < 1.29 is 9.90 Å². The molecule has 0 saturated carbocycles. The van der Waals surface area contributed by atoms with E-state index < -0.39 is 0 Å². The summed E-state index contributed by atoms with van der Waals surface area (Å²) in [4.78, 5) is 20.8. The van der Waals surface area contributed by atoms with Gasteiger partial charge in [-0.2, -0.15) is 4.98 Å². The molecule has 3 rings (SSSR count). The summed E-state index contributed by atoms with van der Waals surface area (Å²) in [6.07, 6.45) is 0.686. The number of aryl methyl sites for hydroxylation is 2. The van der Waals surface area contributed by atoms with E-state index in [4.69, 9.17) is 5.11 Å². The van der Waals surface area contributed by atoms with Crippen LogP contribution in [0.2, 0.25) is 0 Å². The van der Waals surface area contributed by atoms with E-state index in [2.05, 4.69) is 20.4 Å². The molecule has 3 aromatic rings. The number of carbonyl (C=O) groups excluding carboxylic acids is 1. The highest BCUT2D eigenvalue weighted by Gasteiger charge is 2.12. The summed E-state index contributed by atoms with van der Waals surface area (Å²) < 4.78 is 1.64. The van der Waals surface area contributed by atoms with Gasteiger partial charge in [-0.3, -0.25) is 4.79 Å². The molecule has 0 bridgehead atoms. The highest BCUT2D eigenvalue weighted by Crippen LogP contribution is 2.11. The molecule has 24 heavy (non-hydrogen) atoms. The van der Waals surface area contributed by atoms with Crippen molar-refractivity contribution in [1.29, 1.82) is 0 Å². The van der Waals surface area contributed by atoms with Gasteiger partial charge < -0.3 is 10.4 Å². The Balaban J connectivity index is 1.69. The summed E-state index contributed by atoms with van der Waals surface area (Å²) in [5, 5.41) is 16.1. The zero-order valence-electron chi connectivity index (χ0n) is 13.7. The minimum atomic E-state index is -0.185. The molecule has 2 aromatic heterocycles. The number of carbonyl (C=O) groups is 1. The summed E-state index contributed by atoms with van der Waals surface area (Å²) in [5.41, 5.74) is 3.52. The van der Waals surface area contributed by atoms with Crippen molar-refractivity contribution in [2.24, 2.45) is 0 Å². The Kier molecular flexibility index (Phi) is 4.52. The maximum Gasteiger partial charge on any atom is 0.252 e. The van der Waals surface area contributed by atoms with E-state index in [-0.39, 0.29) is 18.9 Å². The van der Waals surface area contributed by atoms with E-state index >= 15 is 0 Å². The Morgan fingerprint density at radius 1 is 1.21 bits per heavy atom. The lowest BCUT2D eigenvalue weighted by molar-refractivity contribution is -0.115. The van der Waals surface area contributed by atoms with Crippen molar-refractivity contribution in [3.8, 4) is 0 Å². The normalized spacial score (nSPS) is 11.0. The predicted octanol–water partition coefficient (Wildman–Crippen LogP) is 1.46. The van der Waals surface area contributed by atoms with Crippen LogP contribution in [0.15, 0.2) is 30.3 Å². The largest absolute Gasteiger partial charge is 0.396 e. The van der Waals surface area contributed by atoms with Crippen molar-refractivity contribution in [3.05, 3.63) is 53.1 Å². The molecule has 1 aromatic carbocycles. The van der Waals surface area contributed by atoms with E-state index in [1.54, 1.807) is 4.52 Å². The van der Waals surface area contributed by atoms with E-state index in [0.29, 0.717) is 23.7 Å². The van der Waals surface area contributed by atoms with Crippen molar-refractivity contribution in [1.82, 2.24) is 19.6 Å². The summed E-state index contributed by atoms with van der Waals surface area (Å²) in [6.45, 7) is 3.93. The summed E-state index contributed by atoms with van der Waals surface area (Å²) in [5.74, 6) is 0.754. The van der Waals surface area contributed by atoms with Crippen LogP contribution in [0, 0.1) is 13.8 Å². The van der Waals surface area contributed by atoms with Gasteiger partial charge in [0.15, 0.2) is 5.82 Å². The van der Waals surface area contributed by atoms with Gasteiger partial charge in [0, 0.05) is 23.7 Å². The zero-order valence-corrected chi connectivity index (χ0v) is 13.7. The molecule has 0 fully saturated rings. The summed E-state index contributed by atoms with van der Waals surface area (Å²) in [6, 6.07) is 9.31. The fraction of sp³-hybridized carbons (Fsp3) is 0.294. The van der Waals surface area contributed by atoms with Gasteiger partial charge >= 0.3 is 0 Å². The van der Waals surface area contributed by atoms with Crippen LogP contribution < -0.4 is 5.32 Å². The van der Waals surface area contributed by atoms with Crippen molar-refractivity contribution in [2.75, 3.05) is 11.9 Å². The lowest BCUT2D eigenvalue weighted by Gasteiger charge is -2.05. The molecule has 0 unspecified atom stereocenters. The number of aliphatic hydroxyl groups excluding tert-OH is 1. The number of hydrogen-bond acceptors (Lipinski definition) is 5. The molecule has 0 atom stereocenters. The molecule has 0 saturated heterocycles. The van der Waals surface area contributed by atoms with Crippen molar-refractivity contribution in [3.63, 3.8) is 0 Å². The zero-order chi connectivity index (χ0) is 17.1. The Bertz CT molecular complexity index is 871. The van der Waals surface area contributed by atoms with Crippen molar-refractivity contribution in [2.45, 2.75) is 26.7 Å². The first kappa shape index (κ1) is 16.1. The van der Waals surface area contributed by atoms with Crippen LogP contribution in [0.25, 0.3) is 5.78 Å². The van der Waals surface area contributed by atoms with Crippen LogP contribution in [0.5, 0.6) is 0 Å². The number of nitrogens with zero attached hydrogens (tertiary/aromatic N) is 4. The fourth-order valence-electron chi connectivity index (χ4n) is 2.52. The highest BCUT2D eigenvalue weighted by atomic mass is 16.3. The first-order valence-corrected chi connectivity index (χ1v) is 7.74. The molecular formula is C17H19N5O2. The number of aliphatic hydroxyl groups is 1. The lowest BCUT2D eigenvalue weighted by atomic mass is 10.1. The molecule has 0 spiro atoms. The minimum Gasteiger partial charge on any atom is -0.396 e. The predicted molar refractivity (Wildman–Crippen MR) is 89.8 cm³/mol. The molecule has 7 heteroatoms. The van der Waals surface area contributed by atoms with Gasteiger partial charge in [0.2, 0.25) is 5.91 Å². The number of anilines is 1. The quantitative estimate of drug-likeness (QED) is 0.741. The minimum absolute atomic E-state index is 0.0836. The maximum atomic E-state index is 12.2. The number of fused-ring (bicyclic) bond motifs is 1. The van der Waals surface area contributed by atoms with Gasteiger partial charge in [-0.25, -0.2) is 9.50 Å². The molecule has 7 nitrogen and oxygen atoms in total. The van der Waals surface area contributed by atoms with E-state index in [1.807, 2.05) is 44.2 Å². The molecule has 0 aliphatic rings. The monoisotopic (exact) mass is 325 g/mol. The van der Waals surface area contributed by atoms with Gasteiger partial charge in [-0.05, 0) is 44.0 Å². The van der Waals surface area contributed by atoms with Gasteiger partial charge in [-0.15, -0.1) is 5.10 Å². The number of aromatic nitrogens is 4. The SMILES string of the molecule is Cc1cc(C)n2nc(CC(=O)Nc3ccc(CCO)cc3)nc2n1. The van der Waals surface area contributed by atoms with E-state index in [1.165, 1.54) is 0 Å². The standard InChI is InChI=1S/C17H19N5O2/c1-11-9-12(2)22-17(18-11)20-15(21-22)10-16(24)19-14-5-3-13(4-6-14)7-8-23/h3-6,9,23H,7-8,10H2,1-2H3,(H,19,24). The highest BCUT2D eigenvalue weighted by molar-refractivity contribution is 5.91. The fourth-order valence-corrected chi connectivity index (χ4v) is 2.52. The van der Waals surface area contributed by atoms with Crippen LogP contribution in [0.4, 0.5) is 5.69 Å². The second-order valence-electron chi connectivity index (χ2n) is 5.67. The summed E-state index contributed by atoms with van der Waals surface area (Å²) >= 11 is 0. The number of rotatable bonds is 5. The molecule has 0 radical (unpaired) electrons. The lowest BCUT2D eigenvalue weighted by Crippen LogP contribution is -2.15. The first-order chi connectivity index (χ1) is 11.5. The number of amides is 1. The number of nitrogens with one attached hydrogen (secondary N) is 1. The molecule has 0 aliphatic carbocycles. The van der Waals surface area contributed by atoms with E-state index in [9.17, 15) is 4.79 Å². The van der Waals surface area contributed by atoms with Crippen LogP contribution >= 0.6 is 0 Å². The van der Waals surface area contributed by atoms with Gasteiger partial charge in [-0.1, -0.05) is 12.1 Å². The Labute approximate surface area is 139 Å². The topological polar surface area (TPSA) is 92.4 Å². The third-order valence-electron chi connectivity index (χ3n) is 3.62. The van der Waals surface area contributed by atoms with Gasteiger partial charge in [0.1, 0.15) is 0 Å². The molecule has 0 aliphatic heterocycles. The molecule has 124 valence electrons. The third kappa shape index (κ3) is 3.57. The summed E-state index contributed by atoms with van der Waals surface area (Å²) in [7, 11) is 0. The van der Waals surface area contributed by atoms with Crippen molar-refractivity contribution >= 4 is 17.4 Å². The Morgan fingerprint density at radius 2 is 1.96 bits per heavy atom. The molecule has 2 heterocycles. The van der Waals surface area contributed by atoms with Crippen LogP contribution in [0.3, 0.4) is 0 Å². The van der Waals surface area contributed by atoms with Gasteiger partial charge in [0.25, 0.3) is 5.78 Å². The Morgan fingerprint density at radius 3 is 2.67 bits per heavy atom. The van der Waals surface area contributed by atoms with Crippen LogP contribution in [0.1, 0.15) is 22.8 Å². The molecule has 2 N–H and O–H groups in total.